The largest absolute Gasteiger partial charge is 0.459 e. The second kappa shape index (κ2) is 6.71. The van der Waals surface area contributed by atoms with Crippen LogP contribution in [0.1, 0.15) is 48.0 Å². The van der Waals surface area contributed by atoms with Crippen LogP contribution >= 0.6 is 0 Å². The van der Waals surface area contributed by atoms with Crippen LogP contribution in [0.3, 0.4) is 0 Å². The zero-order chi connectivity index (χ0) is 14.6. The highest BCUT2D eigenvalue weighted by atomic mass is 16.6. The molecule has 1 saturated heterocycles. The number of carbonyl (C=O) groups is 1. The van der Waals surface area contributed by atoms with Crippen LogP contribution in [0.5, 0.6) is 0 Å². The summed E-state index contributed by atoms with van der Waals surface area (Å²) in [5.41, 5.74) is -0.399. The maximum absolute atomic E-state index is 12.1. The molecule has 1 aliphatic rings. The van der Waals surface area contributed by atoms with Gasteiger partial charge in [-0.15, -0.1) is 0 Å². The molecule has 4 nitrogen and oxygen atoms in total. The second-order valence-corrected chi connectivity index (χ2v) is 6.37. The van der Waals surface area contributed by atoms with E-state index in [-0.39, 0.29) is 12.0 Å². The van der Waals surface area contributed by atoms with Crippen LogP contribution in [-0.4, -0.2) is 59.6 Å². The minimum Gasteiger partial charge on any atom is -0.459 e. The summed E-state index contributed by atoms with van der Waals surface area (Å²) in [6.07, 6.45) is 1.15. The highest BCUT2D eigenvalue weighted by Gasteiger charge is 2.33. The monoisotopic (exact) mass is 270 g/mol. The summed E-state index contributed by atoms with van der Waals surface area (Å²) in [5, 5.41) is 0. The van der Waals surface area contributed by atoms with Crippen LogP contribution in [0, 0.1) is 0 Å². The molecular formula is C15H30N2O2. The molecular weight excluding hydrogens is 240 g/mol. The van der Waals surface area contributed by atoms with Gasteiger partial charge in [-0.05, 0) is 47.2 Å². The molecule has 0 bridgehead atoms. The zero-order valence-electron chi connectivity index (χ0n) is 13.4. The van der Waals surface area contributed by atoms with Gasteiger partial charge >= 0.3 is 5.97 Å². The van der Waals surface area contributed by atoms with Gasteiger partial charge in [-0.25, -0.2) is 0 Å². The third-order valence-electron chi connectivity index (χ3n) is 3.82. The third kappa shape index (κ3) is 4.77. The van der Waals surface area contributed by atoms with Gasteiger partial charge in [0, 0.05) is 19.1 Å². The molecule has 0 saturated carbocycles. The Bertz CT molecular complexity index is 295. The molecule has 0 aromatic heterocycles. The van der Waals surface area contributed by atoms with Crippen LogP contribution < -0.4 is 0 Å². The lowest BCUT2D eigenvalue weighted by Gasteiger charge is -2.29. The van der Waals surface area contributed by atoms with E-state index in [1.807, 2.05) is 27.7 Å². The molecule has 2 unspecified atom stereocenters. The molecule has 0 amide bonds. The number of carbonyl (C=O) groups excluding carboxylic acids is 1. The molecule has 0 radical (unpaired) electrons. The van der Waals surface area contributed by atoms with Crippen molar-refractivity contribution in [3.05, 3.63) is 0 Å². The summed E-state index contributed by atoms with van der Waals surface area (Å²) in [7, 11) is 0. The fourth-order valence-electron chi connectivity index (χ4n) is 2.69. The predicted octanol–water partition coefficient (Wildman–Crippen LogP) is 2.13. The second-order valence-electron chi connectivity index (χ2n) is 6.37. The van der Waals surface area contributed by atoms with Gasteiger partial charge in [0.25, 0.3) is 0 Å². The van der Waals surface area contributed by atoms with E-state index in [1.54, 1.807) is 0 Å². The molecule has 1 rings (SSSR count). The molecule has 0 aromatic carbocycles. The lowest BCUT2D eigenvalue weighted by Crippen LogP contribution is -2.43. The summed E-state index contributed by atoms with van der Waals surface area (Å²) < 4.78 is 5.47. The van der Waals surface area contributed by atoms with E-state index in [0.717, 1.165) is 32.6 Å². The van der Waals surface area contributed by atoms with E-state index in [1.165, 1.54) is 0 Å². The van der Waals surface area contributed by atoms with Crippen molar-refractivity contribution in [2.24, 2.45) is 0 Å². The zero-order valence-corrected chi connectivity index (χ0v) is 13.4. The maximum atomic E-state index is 12.1. The third-order valence-corrected chi connectivity index (χ3v) is 3.82. The van der Waals surface area contributed by atoms with Gasteiger partial charge < -0.3 is 4.74 Å². The lowest BCUT2D eigenvalue weighted by molar-refractivity contribution is -0.160. The number of nitrogens with zero attached hydrogens (tertiary/aromatic N) is 2. The van der Waals surface area contributed by atoms with E-state index in [4.69, 9.17) is 4.74 Å². The van der Waals surface area contributed by atoms with Gasteiger partial charge in [0.05, 0.1) is 0 Å². The number of ether oxygens (including phenoxy) is 1. The van der Waals surface area contributed by atoms with E-state index in [2.05, 4.69) is 23.6 Å². The molecule has 4 heteroatoms. The minimum atomic E-state index is -0.399. The quantitative estimate of drug-likeness (QED) is 0.717. The van der Waals surface area contributed by atoms with Crippen LogP contribution in [0.15, 0.2) is 0 Å². The Kier molecular flexibility index (Phi) is 5.81. The summed E-state index contributed by atoms with van der Waals surface area (Å²) in [4.78, 5) is 16.8. The molecule has 19 heavy (non-hydrogen) atoms. The van der Waals surface area contributed by atoms with Crippen LogP contribution in [0.4, 0.5) is 0 Å². The summed E-state index contributed by atoms with van der Waals surface area (Å²) in [5.74, 6) is -0.104. The van der Waals surface area contributed by atoms with Gasteiger partial charge in [0.2, 0.25) is 0 Å². The number of rotatable bonds is 5. The average Bonchev–Trinajstić information content (AvgIpc) is 2.77. The van der Waals surface area contributed by atoms with Gasteiger partial charge in [0.1, 0.15) is 11.6 Å². The van der Waals surface area contributed by atoms with Crippen molar-refractivity contribution in [1.82, 2.24) is 9.80 Å². The first kappa shape index (κ1) is 16.4. The molecule has 1 heterocycles. The summed E-state index contributed by atoms with van der Waals surface area (Å²) in [6, 6.07) is 0.444. The van der Waals surface area contributed by atoms with Crippen molar-refractivity contribution in [1.29, 1.82) is 0 Å². The fraction of sp³-hybridized carbons (Fsp3) is 0.933. The first-order valence-electron chi connectivity index (χ1n) is 7.49. The highest BCUT2D eigenvalue weighted by molar-refractivity contribution is 5.75. The molecule has 1 fully saturated rings. The number of likely N-dealkylation sites (tertiary alicyclic amines) is 1. The van der Waals surface area contributed by atoms with Crippen LogP contribution in [0.2, 0.25) is 0 Å². The molecule has 0 aromatic rings. The molecule has 112 valence electrons. The Morgan fingerprint density at radius 2 is 1.95 bits per heavy atom. The highest BCUT2D eigenvalue weighted by Crippen LogP contribution is 2.19. The SMILES string of the molecule is CCN(CC)C1CCN(C(C)C(=O)OC(C)(C)C)C1. The predicted molar refractivity (Wildman–Crippen MR) is 78.2 cm³/mol. The Balaban J connectivity index is 2.52. The molecule has 0 N–H and O–H groups in total. The molecule has 0 aliphatic carbocycles. The molecule has 1 aliphatic heterocycles. The lowest BCUT2D eigenvalue weighted by atomic mass is 10.2. The van der Waals surface area contributed by atoms with Crippen molar-refractivity contribution >= 4 is 5.97 Å². The van der Waals surface area contributed by atoms with Gasteiger partial charge in [-0.3, -0.25) is 14.6 Å². The van der Waals surface area contributed by atoms with Gasteiger partial charge in [0.15, 0.2) is 0 Å². The van der Waals surface area contributed by atoms with Crippen LogP contribution in [0.25, 0.3) is 0 Å². The first-order valence-corrected chi connectivity index (χ1v) is 7.49. The van der Waals surface area contributed by atoms with Gasteiger partial charge in [-0.2, -0.15) is 0 Å². The smallest absolute Gasteiger partial charge is 0.323 e. The van der Waals surface area contributed by atoms with Crippen LogP contribution in [-0.2, 0) is 9.53 Å². The van der Waals surface area contributed by atoms with Crippen molar-refractivity contribution in [3.63, 3.8) is 0 Å². The topological polar surface area (TPSA) is 32.8 Å². The normalized spacial score (nSPS) is 22.8. The van der Waals surface area contributed by atoms with E-state index in [0.29, 0.717) is 6.04 Å². The number of hydrogen-bond donors (Lipinski definition) is 0. The molecule has 2 atom stereocenters. The average molecular weight is 270 g/mol. The summed E-state index contributed by atoms with van der Waals surface area (Å²) >= 11 is 0. The maximum Gasteiger partial charge on any atom is 0.323 e. The standard InChI is InChI=1S/C15H30N2O2/c1-7-16(8-2)13-9-10-17(11-13)12(3)14(18)19-15(4,5)6/h12-13H,7-11H2,1-6H3. The van der Waals surface area contributed by atoms with Crippen molar-refractivity contribution in [2.45, 2.75) is 65.6 Å². The van der Waals surface area contributed by atoms with E-state index < -0.39 is 5.60 Å². The number of esters is 1. The Morgan fingerprint density at radius 1 is 1.37 bits per heavy atom. The summed E-state index contributed by atoms with van der Waals surface area (Å²) in [6.45, 7) is 16.2. The number of likely N-dealkylation sites (N-methyl/N-ethyl adjacent to an activating group) is 1. The Morgan fingerprint density at radius 3 is 2.42 bits per heavy atom. The Labute approximate surface area is 118 Å². The first-order chi connectivity index (χ1) is 8.78. The van der Waals surface area contributed by atoms with E-state index in [9.17, 15) is 4.79 Å². The van der Waals surface area contributed by atoms with E-state index >= 15 is 0 Å². The van der Waals surface area contributed by atoms with Crippen molar-refractivity contribution < 1.29 is 9.53 Å². The minimum absolute atomic E-state index is 0.104. The number of hydrogen-bond acceptors (Lipinski definition) is 4. The molecule has 0 spiro atoms. The van der Waals surface area contributed by atoms with Gasteiger partial charge in [-0.1, -0.05) is 13.8 Å². The Hall–Kier alpha value is -0.610. The fourth-order valence-corrected chi connectivity index (χ4v) is 2.69. The van der Waals surface area contributed by atoms with Crippen molar-refractivity contribution in [3.8, 4) is 0 Å². The van der Waals surface area contributed by atoms with Crippen molar-refractivity contribution in [2.75, 3.05) is 26.2 Å².